The van der Waals surface area contributed by atoms with Crippen LogP contribution in [-0.2, 0) is 11.2 Å². The molecule has 1 amide bonds. The summed E-state index contributed by atoms with van der Waals surface area (Å²) >= 11 is 12.2. The van der Waals surface area contributed by atoms with Gasteiger partial charge in [-0.3, -0.25) is 9.69 Å². The second-order valence-corrected chi connectivity index (χ2v) is 11.6. The summed E-state index contributed by atoms with van der Waals surface area (Å²) in [7, 11) is 0. The molecule has 0 radical (unpaired) electrons. The number of halogens is 2. The Morgan fingerprint density at radius 1 is 0.974 bits per heavy atom. The second-order valence-electron chi connectivity index (χ2n) is 10.8. The molecule has 2 atom stereocenters. The summed E-state index contributed by atoms with van der Waals surface area (Å²) in [4.78, 5) is 22.7. The summed E-state index contributed by atoms with van der Waals surface area (Å²) < 4.78 is 0. The van der Waals surface area contributed by atoms with Crippen LogP contribution in [0.25, 0.3) is 0 Å². The first-order valence-corrected chi connectivity index (χ1v) is 14.8. The van der Waals surface area contributed by atoms with Gasteiger partial charge in [0.1, 0.15) is 5.84 Å². The molecule has 2 aliphatic heterocycles. The van der Waals surface area contributed by atoms with Crippen LogP contribution in [-0.4, -0.2) is 66.4 Å². The van der Waals surface area contributed by atoms with E-state index in [0.717, 1.165) is 55.5 Å². The van der Waals surface area contributed by atoms with E-state index in [4.69, 9.17) is 28.2 Å². The van der Waals surface area contributed by atoms with Crippen LogP contribution in [0.15, 0.2) is 47.5 Å². The number of aryl methyl sites for hydroxylation is 1. The molecule has 0 spiro atoms. The Labute approximate surface area is 237 Å². The first kappa shape index (κ1) is 28.9. The molecule has 0 unspecified atom stereocenters. The highest BCUT2D eigenvalue weighted by atomic mass is 35.5. The van der Waals surface area contributed by atoms with Gasteiger partial charge in [-0.25, -0.2) is 4.99 Å². The minimum absolute atomic E-state index is 0.0474. The zero-order valence-corrected chi connectivity index (χ0v) is 24.2. The quantitative estimate of drug-likeness (QED) is 0.299. The average Bonchev–Trinajstić information content (AvgIpc) is 2.85. The van der Waals surface area contributed by atoms with Gasteiger partial charge in [-0.05, 0) is 88.2 Å². The maximum absolute atomic E-state index is 12.5. The van der Waals surface area contributed by atoms with Crippen molar-refractivity contribution in [2.75, 3.05) is 38.0 Å². The van der Waals surface area contributed by atoms with E-state index in [0.29, 0.717) is 35.0 Å². The molecule has 2 fully saturated rings. The summed E-state index contributed by atoms with van der Waals surface area (Å²) in [6.45, 7) is 9.57. The van der Waals surface area contributed by atoms with Crippen LogP contribution in [0.3, 0.4) is 0 Å². The van der Waals surface area contributed by atoms with E-state index in [1.165, 1.54) is 32.1 Å². The molecule has 4 rings (SSSR count). The smallest absolute Gasteiger partial charge is 0.224 e. The lowest BCUT2D eigenvalue weighted by Gasteiger charge is -2.39. The lowest BCUT2D eigenvalue weighted by Crippen LogP contribution is -2.57. The molecule has 6 nitrogen and oxygen atoms in total. The molecule has 2 heterocycles. The van der Waals surface area contributed by atoms with Gasteiger partial charge in [0.25, 0.3) is 0 Å². The van der Waals surface area contributed by atoms with Gasteiger partial charge in [-0.2, -0.15) is 0 Å². The Kier molecular flexibility index (Phi) is 10.9. The highest BCUT2D eigenvalue weighted by Gasteiger charge is 2.25. The van der Waals surface area contributed by atoms with Gasteiger partial charge in [0.15, 0.2) is 0 Å². The number of nitrogens with zero attached hydrogens (tertiary/aromatic N) is 3. The molecule has 0 aliphatic carbocycles. The molecule has 0 saturated carbocycles. The van der Waals surface area contributed by atoms with E-state index in [1.54, 1.807) is 12.1 Å². The van der Waals surface area contributed by atoms with Crippen LogP contribution < -0.4 is 10.6 Å². The van der Waals surface area contributed by atoms with E-state index in [-0.39, 0.29) is 5.91 Å². The molecule has 2 saturated heterocycles. The van der Waals surface area contributed by atoms with Crippen LogP contribution in [0.2, 0.25) is 10.0 Å². The average molecular weight is 559 g/mol. The van der Waals surface area contributed by atoms with E-state index in [1.807, 2.05) is 30.3 Å². The number of benzene rings is 2. The van der Waals surface area contributed by atoms with E-state index >= 15 is 0 Å². The summed E-state index contributed by atoms with van der Waals surface area (Å²) in [6.07, 6.45) is 7.45. The van der Waals surface area contributed by atoms with Gasteiger partial charge in [0.2, 0.25) is 5.91 Å². The largest absolute Gasteiger partial charge is 0.356 e. The number of piperazine rings is 1. The predicted octanol–water partition coefficient (Wildman–Crippen LogP) is 6.54. The normalized spacial score (nSPS) is 21.6. The number of anilines is 1. The van der Waals surface area contributed by atoms with Crippen molar-refractivity contribution in [2.24, 2.45) is 4.99 Å². The van der Waals surface area contributed by atoms with Crippen LogP contribution in [0.1, 0.15) is 57.9 Å². The molecule has 2 aromatic rings. The molecule has 2 N–H and O–H groups in total. The maximum Gasteiger partial charge on any atom is 0.224 e. The number of likely N-dealkylation sites (tertiary alicyclic amines) is 1. The van der Waals surface area contributed by atoms with Crippen LogP contribution in [0.5, 0.6) is 0 Å². The number of amidine groups is 1. The molecule has 206 valence electrons. The number of amides is 1. The summed E-state index contributed by atoms with van der Waals surface area (Å²) in [5, 5.41) is 7.82. The van der Waals surface area contributed by atoms with Crippen molar-refractivity contribution in [1.29, 1.82) is 0 Å². The van der Waals surface area contributed by atoms with E-state index < -0.39 is 0 Å². The molecule has 8 heteroatoms. The van der Waals surface area contributed by atoms with Crippen molar-refractivity contribution < 1.29 is 4.79 Å². The molecular formula is C30H41Cl2N5O. The lowest BCUT2D eigenvalue weighted by molar-refractivity contribution is -0.116. The van der Waals surface area contributed by atoms with Gasteiger partial charge in [0.05, 0.1) is 12.2 Å². The molecule has 38 heavy (non-hydrogen) atoms. The number of hydrogen-bond donors (Lipinski definition) is 2. The summed E-state index contributed by atoms with van der Waals surface area (Å²) in [6, 6.07) is 14.1. The number of carbonyl (C=O) groups is 1. The third kappa shape index (κ3) is 8.98. The third-order valence-corrected chi connectivity index (χ3v) is 7.87. The van der Waals surface area contributed by atoms with Crippen LogP contribution in [0.4, 0.5) is 11.4 Å². The fourth-order valence-corrected chi connectivity index (χ4v) is 5.88. The molecule has 2 aliphatic rings. The van der Waals surface area contributed by atoms with Gasteiger partial charge >= 0.3 is 0 Å². The number of carbonyl (C=O) groups excluding carboxylic acids is 1. The Bertz CT molecular complexity index is 1070. The first-order valence-electron chi connectivity index (χ1n) is 14.0. The lowest BCUT2D eigenvalue weighted by atomic mass is 10.1. The number of aliphatic imine (C=N–C) groups is 1. The monoisotopic (exact) mass is 557 g/mol. The number of rotatable bonds is 7. The summed E-state index contributed by atoms with van der Waals surface area (Å²) in [5.41, 5.74) is 2.60. The maximum atomic E-state index is 12.5. The first-order chi connectivity index (χ1) is 18.4. The van der Waals surface area contributed by atoms with Gasteiger partial charge < -0.3 is 15.5 Å². The summed E-state index contributed by atoms with van der Waals surface area (Å²) in [5.74, 6) is 1.09. The Morgan fingerprint density at radius 2 is 1.63 bits per heavy atom. The van der Waals surface area contributed by atoms with E-state index in [9.17, 15) is 4.79 Å². The van der Waals surface area contributed by atoms with Gasteiger partial charge in [0, 0.05) is 47.3 Å². The Morgan fingerprint density at radius 3 is 2.29 bits per heavy atom. The zero-order valence-electron chi connectivity index (χ0n) is 22.7. The van der Waals surface area contributed by atoms with Crippen molar-refractivity contribution in [3.05, 3.63) is 58.1 Å². The molecular weight excluding hydrogens is 517 g/mol. The SMILES string of the molecule is C[C@@H]1CN(C(CN2CCCCCCC2)=Nc2ccc(NC(=O)CCc3ccc(Cl)cc3Cl)cc2)C[C@H](C)N1. The number of nitrogens with one attached hydrogen (secondary N) is 2. The van der Waals surface area contributed by atoms with Crippen molar-refractivity contribution >= 4 is 46.3 Å². The Hall–Kier alpha value is -2.12. The standard InChI is InChI=1S/C30H41Cl2N5O/c1-22-19-37(20-23(2)33-22)29(21-36-16-6-4-3-5-7-17-36)34-26-11-13-27(14-12-26)35-30(38)15-9-24-8-10-25(31)18-28(24)32/h8,10-14,18,22-23,33H,3-7,9,15-17,19-21H2,1-2H3,(H,35,38)/t22-,23+. The molecule has 0 aromatic heterocycles. The van der Waals surface area contributed by atoms with Crippen molar-refractivity contribution in [2.45, 2.75) is 70.9 Å². The van der Waals surface area contributed by atoms with Crippen LogP contribution >= 0.6 is 23.2 Å². The number of hydrogen-bond acceptors (Lipinski definition) is 4. The Balaban J connectivity index is 1.41. The predicted molar refractivity (Wildman–Crippen MR) is 160 cm³/mol. The highest BCUT2D eigenvalue weighted by molar-refractivity contribution is 6.35. The van der Waals surface area contributed by atoms with Crippen molar-refractivity contribution in [1.82, 2.24) is 15.1 Å². The van der Waals surface area contributed by atoms with Crippen molar-refractivity contribution in [3.8, 4) is 0 Å². The minimum atomic E-state index is -0.0474. The fraction of sp³-hybridized carbons (Fsp3) is 0.533. The highest BCUT2D eigenvalue weighted by Crippen LogP contribution is 2.23. The van der Waals surface area contributed by atoms with Gasteiger partial charge in [-0.1, -0.05) is 48.5 Å². The van der Waals surface area contributed by atoms with Gasteiger partial charge in [-0.15, -0.1) is 0 Å². The zero-order chi connectivity index (χ0) is 26.9. The molecule has 0 bridgehead atoms. The fourth-order valence-electron chi connectivity index (χ4n) is 5.38. The minimum Gasteiger partial charge on any atom is -0.356 e. The second kappa shape index (κ2) is 14.3. The van der Waals surface area contributed by atoms with Crippen molar-refractivity contribution in [3.63, 3.8) is 0 Å². The third-order valence-electron chi connectivity index (χ3n) is 7.28. The van der Waals surface area contributed by atoms with Crippen LogP contribution in [0, 0.1) is 0 Å². The van der Waals surface area contributed by atoms with E-state index in [2.05, 4.69) is 34.3 Å². The topological polar surface area (TPSA) is 60.0 Å². The molecule has 2 aromatic carbocycles.